The van der Waals surface area contributed by atoms with Gasteiger partial charge in [0.15, 0.2) is 11.1 Å². The predicted octanol–water partition coefficient (Wildman–Crippen LogP) is 3.58. The van der Waals surface area contributed by atoms with E-state index >= 15 is 0 Å². The van der Waals surface area contributed by atoms with Crippen molar-refractivity contribution in [1.82, 2.24) is 10.1 Å². The first-order chi connectivity index (χ1) is 12.3. The highest BCUT2D eigenvalue weighted by Gasteiger charge is 2.12. The second-order valence-electron chi connectivity index (χ2n) is 5.85. The maximum absolute atomic E-state index is 5.51. The summed E-state index contributed by atoms with van der Waals surface area (Å²) >= 11 is 0. The molecule has 1 aromatic heterocycles. The second-order valence-corrected chi connectivity index (χ2v) is 5.85. The minimum absolute atomic E-state index is 0.688. The monoisotopic (exact) mass is 333 g/mol. The van der Waals surface area contributed by atoms with Gasteiger partial charge < -0.3 is 14.2 Å². The molecule has 0 radical (unpaired) electrons. The summed E-state index contributed by atoms with van der Waals surface area (Å²) in [5, 5.41) is 3.81. The van der Waals surface area contributed by atoms with Gasteiger partial charge in [0.25, 0.3) is 0 Å². The fourth-order valence-electron chi connectivity index (χ4n) is 2.86. The van der Waals surface area contributed by atoms with E-state index < -0.39 is 0 Å². The van der Waals surface area contributed by atoms with Crippen LogP contribution in [0.1, 0.15) is 5.56 Å². The fourth-order valence-corrected chi connectivity index (χ4v) is 2.86. The van der Waals surface area contributed by atoms with E-state index in [0.29, 0.717) is 5.49 Å². The molecule has 25 heavy (non-hydrogen) atoms. The molecular formula is C20H19N3O2. The van der Waals surface area contributed by atoms with Gasteiger partial charge in [-0.05, 0) is 29.8 Å². The third-order valence-corrected chi connectivity index (χ3v) is 4.17. The number of rotatable bonds is 4. The Morgan fingerprint density at radius 2 is 2.08 bits per heavy atom. The molecule has 0 unspecified atom stereocenters. The molecule has 1 aliphatic heterocycles. The van der Waals surface area contributed by atoms with E-state index in [1.54, 1.807) is 7.11 Å². The van der Waals surface area contributed by atoms with Crippen molar-refractivity contribution in [2.24, 2.45) is 4.99 Å². The van der Waals surface area contributed by atoms with E-state index in [-0.39, 0.29) is 0 Å². The number of fused-ring (bicyclic) bond motifs is 1. The van der Waals surface area contributed by atoms with Gasteiger partial charge in [-0.25, -0.2) is 10.1 Å². The number of ether oxygens (including phenoxy) is 1. The van der Waals surface area contributed by atoms with Crippen molar-refractivity contribution in [1.29, 1.82) is 0 Å². The van der Waals surface area contributed by atoms with E-state index in [1.165, 1.54) is 5.56 Å². The highest BCUT2D eigenvalue weighted by Crippen LogP contribution is 2.19. The van der Waals surface area contributed by atoms with Gasteiger partial charge in [0, 0.05) is 13.1 Å². The van der Waals surface area contributed by atoms with E-state index in [1.807, 2.05) is 36.4 Å². The van der Waals surface area contributed by atoms with Gasteiger partial charge in [-0.1, -0.05) is 42.5 Å². The number of benzene rings is 2. The summed E-state index contributed by atoms with van der Waals surface area (Å²) in [5.41, 5.74) is 2.69. The summed E-state index contributed by atoms with van der Waals surface area (Å²) in [7, 11) is 1.65. The van der Waals surface area contributed by atoms with Crippen LogP contribution in [0.2, 0.25) is 0 Å². The second kappa shape index (κ2) is 6.73. The molecule has 126 valence electrons. The first-order valence-electron chi connectivity index (χ1n) is 8.19. The number of hydrogen-bond donors (Lipinski definition) is 1. The van der Waals surface area contributed by atoms with Gasteiger partial charge >= 0.3 is 0 Å². The van der Waals surface area contributed by atoms with Crippen LogP contribution in [-0.2, 0) is 6.54 Å². The average Bonchev–Trinajstić information content (AvgIpc) is 3.06. The molecule has 5 nitrogen and oxygen atoms in total. The topological polar surface area (TPSA) is 53.8 Å². The van der Waals surface area contributed by atoms with Crippen LogP contribution in [0.25, 0.3) is 11.0 Å². The minimum atomic E-state index is 0.688. The highest BCUT2D eigenvalue weighted by molar-refractivity contribution is 5.77. The van der Waals surface area contributed by atoms with Crippen molar-refractivity contribution < 1.29 is 9.26 Å². The van der Waals surface area contributed by atoms with E-state index in [4.69, 9.17) is 14.3 Å². The summed E-state index contributed by atoms with van der Waals surface area (Å²) in [4.78, 5) is 7.01. The molecule has 3 aromatic rings. The number of allylic oxidation sites excluding steroid dienone is 2. The Labute approximate surface area is 145 Å². The fraction of sp³-hybridized carbons (Fsp3) is 0.150. The maximum Gasteiger partial charge on any atom is 0.173 e. The highest BCUT2D eigenvalue weighted by atomic mass is 16.5. The molecule has 0 atom stereocenters. The molecule has 4 rings (SSSR count). The SMILES string of the molecule is COc1ccc2o[nH]c(=NC3=CC=CCN3Cc3ccccc3)c2c1. The largest absolute Gasteiger partial charge is 0.497 e. The van der Waals surface area contributed by atoms with Gasteiger partial charge in [-0.15, -0.1) is 0 Å². The zero-order valence-electron chi connectivity index (χ0n) is 14.0. The molecule has 0 amide bonds. The number of aromatic amines is 1. The lowest BCUT2D eigenvalue weighted by atomic mass is 10.2. The molecule has 0 fully saturated rings. The third-order valence-electron chi connectivity index (χ3n) is 4.17. The van der Waals surface area contributed by atoms with Crippen molar-refractivity contribution in [2.75, 3.05) is 13.7 Å². The number of nitrogens with zero attached hydrogens (tertiary/aromatic N) is 2. The first kappa shape index (κ1) is 15.3. The van der Waals surface area contributed by atoms with Crippen molar-refractivity contribution in [3.8, 4) is 5.75 Å². The number of H-pyrrole nitrogens is 1. The molecule has 0 saturated heterocycles. The van der Waals surface area contributed by atoms with Gasteiger partial charge in [0.05, 0.1) is 12.5 Å². The zero-order chi connectivity index (χ0) is 17.1. The summed E-state index contributed by atoms with van der Waals surface area (Å²) in [6.45, 7) is 1.63. The standard InChI is InChI=1S/C20H19N3O2/c1-24-16-10-11-18-17(13-16)20(22-25-18)21-19-9-5-6-12-23(19)14-15-7-3-2-4-8-15/h2-11,13H,12,14H2,1H3,(H,21,22). The van der Waals surface area contributed by atoms with Crippen LogP contribution in [0, 0.1) is 0 Å². The van der Waals surface area contributed by atoms with E-state index in [9.17, 15) is 0 Å². The number of methoxy groups -OCH3 is 1. The third kappa shape index (κ3) is 3.21. The molecule has 1 N–H and O–H groups in total. The van der Waals surface area contributed by atoms with Crippen molar-refractivity contribution in [3.05, 3.63) is 83.6 Å². The summed E-state index contributed by atoms with van der Waals surface area (Å²) in [5.74, 6) is 1.67. The van der Waals surface area contributed by atoms with Crippen molar-refractivity contribution >= 4 is 11.0 Å². The number of aromatic nitrogens is 1. The van der Waals surface area contributed by atoms with Gasteiger partial charge in [0.1, 0.15) is 11.6 Å². The summed E-state index contributed by atoms with van der Waals surface area (Å²) < 4.78 is 10.8. The molecule has 0 aliphatic carbocycles. The van der Waals surface area contributed by atoms with Crippen LogP contribution in [0.3, 0.4) is 0 Å². The molecule has 5 heteroatoms. The quantitative estimate of drug-likeness (QED) is 0.794. The van der Waals surface area contributed by atoms with Gasteiger partial charge in [-0.2, -0.15) is 0 Å². The van der Waals surface area contributed by atoms with Crippen LogP contribution in [-0.4, -0.2) is 23.7 Å². The molecule has 0 bridgehead atoms. The van der Waals surface area contributed by atoms with Gasteiger partial charge in [0.2, 0.25) is 0 Å². The Balaban J connectivity index is 1.71. The Morgan fingerprint density at radius 1 is 1.20 bits per heavy atom. The summed E-state index contributed by atoms with van der Waals surface area (Å²) in [6.07, 6.45) is 6.17. The number of hydrogen-bond acceptors (Lipinski definition) is 4. The molecule has 2 heterocycles. The zero-order valence-corrected chi connectivity index (χ0v) is 14.0. The predicted molar refractivity (Wildman–Crippen MR) is 96.8 cm³/mol. The van der Waals surface area contributed by atoms with Crippen LogP contribution in [0.15, 0.2) is 82.1 Å². The Kier molecular flexibility index (Phi) is 4.12. The molecule has 0 spiro atoms. The molecule has 0 saturated carbocycles. The number of nitrogens with one attached hydrogen (secondary N) is 1. The minimum Gasteiger partial charge on any atom is -0.497 e. The Hall–Kier alpha value is -3.21. The molecule has 1 aliphatic rings. The lowest BCUT2D eigenvalue weighted by Gasteiger charge is -2.25. The van der Waals surface area contributed by atoms with Crippen molar-refractivity contribution in [3.63, 3.8) is 0 Å². The first-order valence-corrected chi connectivity index (χ1v) is 8.19. The van der Waals surface area contributed by atoms with Crippen LogP contribution in [0.4, 0.5) is 0 Å². The van der Waals surface area contributed by atoms with Crippen molar-refractivity contribution in [2.45, 2.75) is 6.54 Å². The lowest BCUT2D eigenvalue weighted by molar-refractivity contribution is 0.361. The van der Waals surface area contributed by atoms with Crippen LogP contribution in [0.5, 0.6) is 5.75 Å². The Bertz CT molecular complexity index is 996. The van der Waals surface area contributed by atoms with Gasteiger partial charge in [-0.3, -0.25) is 0 Å². The van der Waals surface area contributed by atoms with E-state index in [2.05, 4.69) is 40.4 Å². The average molecular weight is 333 g/mol. The maximum atomic E-state index is 5.51. The van der Waals surface area contributed by atoms with Crippen LogP contribution < -0.4 is 10.2 Å². The van der Waals surface area contributed by atoms with E-state index in [0.717, 1.165) is 35.6 Å². The normalized spacial score (nSPS) is 14.8. The smallest absolute Gasteiger partial charge is 0.173 e. The lowest BCUT2D eigenvalue weighted by Crippen LogP contribution is -2.25. The molecular weight excluding hydrogens is 314 g/mol. The summed E-state index contributed by atoms with van der Waals surface area (Å²) in [6, 6.07) is 16.1. The molecule has 2 aromatic carbocycles. The van der Waals surface area contributed by atoms with Crippen LogP contribution >= 0.6 is 0 Å². The Morgan fingerprint density at radius 3 is 2.92 bits per heavy atom.